The molecule has 3 N–H and O–H groups in total. The van der Waals surface area contributed by atoms with Gasteiger partial charge in [-0.05, 0) is 72.6 Å². The number of methoxy groups -OCH3 is 1. The SMILES string of the molecule is CC[C@H](O)[C@@H](C)O[C@@H](C)C[C@@](C)(O)/C=C/C=C(\C)[C@H]1OC(=O)C[C@H](O)CC[C@@](C)(OC)[C@@H](OC(=O)N2CCN(C)CC2)/C=C/[C@@H]1C. The van der Waals surface area contributed by atoms with Crippen molar-refractivity contribution in [3.05, 3.63) is 36.0 Å². The highest BCUT2D eigenvalue weighted by Crippen LogP contribution is 2.30. The fourth-order valence-electron chi connectivity index (χ4n) is 5.82. The minimum Gasteiger partial charge on any atom is -0.457 e. The summed E-state index contributed by atoms with van der Waals surface area (Å²) in [5, 5.41) is 31.7. The summed E-state index contributed by atoms with van der Waals surface area (Å²) < 4.78 is 23.7. The fourth-order valence-corrected chi connectivity index (χ4v) is 5.82. The van der Waals surface area contributed by atoms with Crippen molar-refractivity contribution in [1.82, 2.24) is 9.80 Å². The normalized spacial score (nSPS) is 31.6. The van der Waals surface area contributed by atoms with Crippen molar-refractivity contribution < 1.29 is 43.9 Å². The predicted molar refractivity (Wildman–Crippen MR) is 177 cm³/mol. The highest BCUT2D eigenvalue weighted by atomic mass is 16.6. The molecule has 2 aliphatic heterocycles. The third-order valence-corrected chi connectivity index (χ3v) is 9.13. The van der Waals surface area contributed by atoms with E-state index >= 15 is 0 Å². The number of allylic oxidation sites excluding steroid dienone is 2. The molecule has 0 aliphatic carbocycles. The molecule has 46 heavy (non-hydrogen) atoms. The summed E-state index contributed by atoms with van der Waals surface area (Å²) in [5.74, 6) is -0.842. The standard InChI is InChI=1S/C35H60N2O9/c1-10-29(39)27(5)44-26(4)23-34(6,42)16-11-12-24(2)32-25(3)13-14-30(45-33(41)37-20-18-36(8)19-21-37)35(7,43-9)17-15-28(38)22-31(40)46-32/h11-14,16,25-30,32,38-39,42H,10,15,17-23H2,1-9H3/b14-13+,16-11+,24-12+/t25-,26-,27+,28+,29-,30-,32+,34-,35+/m0/s1. The Morgan fingerprint density at radius 1 is 1.24 bits per heavy atom. The van der Waals surface area contributed by atoms with E-state index in [4.69, 9.17) is 18.9 Å². The lowest BCUT2D eigenvalue weighted by molar-refractivity contribution is -0.151. The van der Waals surface area contributed by atoms with Crippen molar-refractivity contribution in [1.29, 1.82) is 0 Å². The molecule has 1 fully saturated rings. The number of hydrogen-bond donors (Lipinski definition) is 3. The smallest absolute Gasteiger partial charge is 0.410 e. The number of rotatable bonds is 11. The first-order chi connectivity index (χ1) is 21.5. The summed E-state index contributed by atoms with van der Waals surface area (Å²) in [6, 6.07) is 0. The molecule has 1 saturated heterocycles. The summed E-state index contributed by atoms with van der Waals surface area (Å²) in [6.07, 6.45) is 6.17. The molecular formula is C35H60N2O9. The first-order valence-corrected chi connectivity index (χ1v) is 16.7. The summed E-state index contributed by atoms with van der Waals surface area (Å²) in [5.41, 5.74) is -1.39. The number of amides is 1. The summed E-state index contributed by atoms with van der Waals surface area (Å²) >= 11 is 0. The molecule has 0 aromatic carbocycles. The largest absolute Gasteiger partial charge is 0.457 e. The van der Waals surface area contributed by atoms with Crippen LogP contribution >= 0.6 is 0 Å². The van der Waals surface area contributed by atoms with Crippen LogP contribution < -0.4 is 0 Å². The van der Waals surface area contributed by atoms with Crippen LogP contribution in [0.5, 0.6) is 0 Å². The zero-order valence-corrected chi connectivity index (χ0v) is 29.5. The predicted octanol–water partition coefficient (Wildman–Crippen LogP) is 4.00. The molecule has 9 atom stereocenters. The molecule has 0 spiro atoms. The quantitative estimate of drug-likeness (QED) is 0.171. The number of hydrogen-bond acceptors (Lipinski definition) is 10. The van der Waals surface area contributed by atoms with Gasteiger partial charge in [0.15, 0.2) is 6.10 Å². The lowest BCUT2D eigenvalue weighted by atomic mass is 9.88. The molecule has 0 aromatic rings. The average Bonchev–Trinajstić information content (AvgIpc) is 2.99. The number of nitrogens with zero attached hydrogens (tertiary/aromatic N) is 2. The van der Waals surface area contributed by atoms with Crippen LogP contribution in [-0.2, 0) is 23.7 Å². The van der Waals surface area contributed by atoms with Crippen molar-refractivity contribution in [2.75, 3.05) is 40.3 Å². The molecule has 11 nitrogen and oxygen atoms in total. The van der Waals surface area contributed by atoms with Gasteiger partial charge in [0.05, 0.1) is 36.4 Å². The van der Waals surface area contributed by atoms with Crippen LogP contribution in [0.2, 0.25) is 0 Å². The van der Waals surface area contributed by atoms with Crippen molar-refractivity contribution >= 4 is 12.1 Å². The molecule has 2 aliphatic rings. The van der Waals surface area contributed by atoms with Gasteiger partial charge in [0, 0.05) is 45.6 Å². The van der Waals surface area contributed by atoms with Gasteiger partial charge in [0.1, 0.15) is 11.7 Å². The number of cyclic esters (lactones) is 1. The Labute approximate surface area is 276 Å². The lowest BCUT2D eigenvalue weighted by Crippen LogP contribution is -2.50. The molecule has 0 unspecified atom stereocenters. The number of carbonyl (C=O) groups is 2. The van der Waals surface area contributed by atoms with E-state index in [1.54, 1.807) is 43.2 Å². The van der Waals surface area contributed by atoms with Gasteiger partial charge >= 0.3 is 12.1 Å². The Bertz CT molecular complexity index is 1050. The van der Waals surface area contributed by atoms with Crippen LogP contribution in [0.1, 0.15) is 80.6 Å². The molecule has 2 heterocycles. The van der Waals surface area contributed by atoms with Gasteiger partial charge in [-0.25, -0.2) is 4.79 Å². The third-order valence-electron chi connectivity index (χ3n) is 9.13. The molecule has 0 radical (unpaired) electrons. The monoisotopic (exact) mass is 652 g/mol. The number of piperazine rings is 1. The van der Waals surface area contributed by atoms with Crippen molar-refractivity contribution in [2.45, 2.75) is 128 Å². The number of likely N-dealkylation sites (N-methyl/N-ethyl adjacent to an activating group) is 1. The van der Waals surface area contributed by atoms with E-state index in [9.17, 15) is 24.9 Å². The first-order valence-electron chi connectivity index (χ1n) is 16.7. The van der Waals surface area contributed by atoms with Gasteiger partial charge < -0.3 is 44.1 Å². The molecule has 264 valence electrons. The van der Waals surface area contributed by atoms with E-state index in [1.165, 1.54) is 0 Å². The van der Waals surface area contributed by atoms with Gasteiger partial charge in [0.25, 0.3) is 0 Å². The molecule has 11 heteroatoms. The van der Waals surface area contributed by atoms with Crippen molar-refractivity contribution in [3.8, 4) is 0 Å². The Morgan fingerprint density at radius 2 is 1.89 bits per heavy atom. The second-order valence-electron chi connectivity index (χ2n) is 13.6. The number of aliphatic hydroxyl groups is 3. The maximum absolute atomic E-state index is 13.2. The van der Waals surface area contributed by atoms with E-state index in [-0.39, 0.29) is 31.0 Å². The minimum absolute atomic E-state index is 0.181. The van der Waals surface area contributed by atoms with E-state index in [2.05, 4.69) is 4.90 Å². The molecule has 2 rings (SSSR count). The second-order valence-corrected chi connectivity index (χ2v) is 13.6. The van der Waals surface area contributed by atoms with Crippen molar-refractivity contribution in [3.63, 3.8) is 0 Å². The number of ether oxygens (including phenoxy) is 4. The van der Waals surface area contributed by atoms with Crippen LogP contribution in [-0.4, -0.2) is 125 Å². The van der Waals surface area contributed by atoms with E-state index in [0.29, 0.717) is 32.4 Å². The highest BCUT2D eigenvalue weighted by Gasteiger charge is 2.38. The number of esters is 1. The summed E-state index contributed by atoms with van der Waals surface area (Å²) in [6.45, 7) is 15.5. The van der Waals surface area contributed by atoms with Crippen molar-refractivity contribution in [2.24, 2.45) is 5.92 Å². The van der Waals surface area contributed by atoms with Gasteiger partial charge in [-0.15, -0.1) is 0 Å². The Hall–Kier alpha value is -2.28. The number of aliphatic hydroxyl groups excluding tert-OH is 2. The average molecular weight is 653 g/mol. The lowest BCUT2D eigenvalue weighted by Gasteiger charge is -2.38. The van der Waals surface area contributed by atoms with Crippen LogP contribution in [0, 0.1) is 5.92 Å². The van der Waals surface area contributed by atoms with E-state index in [1.807, 2.05) is 54.7 Å². The van der Waals surface area contributed by atoms with Gasteiger partial charge in [-0.2, -0.15) is 0 Å². The zero-order chi connectivity index (χ0) is 34.7. The van der Waals surface area contributed by atoms with E-state index < -0.39 is 47.7 Å². The van der Waals surface area contributed by atoms with Crippen LogP contribution in [0.3, 0.4) is 0 Å². The highest BCUT2D eigenvalue weighted by molar-refractivity contribution is 5.70. The summed E-state index contributed by atoms with van der Waals surface area (Å²) in [4.78, 5) is 29.9. The zero-order valence-electron chi connectivity index (χ0n) is 29.5. The third kappa shape index (κ3) is 12.7. The molecular weight excluding hydrogens is 592 g/mol. The molecule has 0 saturated carbocycles. The topological polar surface area (TPSA) is 138 Å². The van der Waals surface area contributed by atoms with Crippen LogP contribution in [0.4, 0.5) is 4.79 Å². The molecule has 0 aromatic heterocycles. The minimum atomic E-state index is -1.18. The number of carbonyl (C=O) groups excluding carboxylic acids is 2. The fraction of sp³-hybridized carbons (Fsp3) is 0.771. The Balaban J connectivity index is 2.27. The van der Waals surface area contributed by atoms with Gasteiger partial charge in [-0.1, -0.05) is 38.2 Å². The molecule has 1 amide bonds. The maximum atomic E-state index is 13.2. The molecule has 0 bridgehead atoms. The van der Waals surface area contributed by atoms with E-state index in [0.717, 1.165) is 18.7 Å². The maximum Gasteiger partial charge on any atom is 0.410 e. The Kier molecular flexibility index (Phi) is 15.9. The van der Waals surface area contributed by atoms with Gasteiger partial charge in [-0.3, -0.25) is 4.79 Å². The van der Waals surface area contributed by atoms with Crippen LogP contribution in [0.15, 0.2) is 36.0 Å². The Morgan fingerprint density at radius 3 is 2.50 bits per heavy atom. The van der Waals surface area contributed by atoms with Crippen LogP contribution in [0.25, 0.3) is 0 Å². The summed E-state index contributed by atoms with van der Waals surface area (Å²) in [7, 11) is 3.57. The first kappa shape index (κ1) is 39.9. The van der Waals surface area contributed by atoms with Gasteiger partial charge in [0.2, 0.25) is 0 Å². The second kappa shape index (κ2) is 18.3.